The molecule has 0 N–H and O–H groups in total. The Morgan fingerprint density at radius 2 is 0.483 bits per heavy atom. The Bertz CT molecular complexity index is 2560. The minimum Gasteiger partial charge on any atom is -0.268 e. The Morgan fingerprint density at radius 3 is 0.759 bits per heavy atom. The molecule has 0 saturated heterocycles. The van der Waals surface area contributed by atoms with E-state index in [1.165, 1.54) is 0 Å². The molecule has 9 heteroatoms. The molecule has 0 aromatic heterocycles. The summed E-state index contributed by atoms with van der Waals surface area (Å²) in [7, 11) is 0. The molecular weight excluding hydrogens is 727 g/mol. The number of benzene rings is 7. The van der Waals surface area contributed by atoms with E-state index in [-0.39, 0.29) is 50.4 Å². The Morgan fingerprint density at radius 1 is 0.259 bits per heavy atom. The van der Waals surface area contributed by atoms with Gasteiger partial charge in [-0.25, -0.2) is 14.7 Å². The number of carbonyl (C=O) groups is 6. The average Bonchev–Trinajstić information content (AvgIpc) is 3.79. The lowest BCUT2D eigenvalue weighted by molar-refractivity contribution is 0.0910. The van der Waals surface area contributed by atoms with Crippen molar-refractivity contribution in [2.45, 2.75) is 5.41 Å². The number of rotatable bonds is 7. The van der Waals surface area contributed by atoms with E-state index >= 15 is 0 Å². The lowest BCUT2D eigenvalue weighted by Crippen LogP contribution is -2.41. The highest BCUT2D eigenvalue weighted by Crippen LogP contribution is 2.55. The molecule has 0 bridgehead atoms. The van der Waals surface area contributed by atoms with Crippen LogP contribution in [-0.2, 0) is 5.41 Å². The van der Waals surface area contributed by atoms with Gasteiger partial charge in [0.1, 0.15) is 0 Å². The summed E-state index contributed by atoms with van der Waals surface area (Å²) in [6.07, 6.45) is 0. The lowest BCUT2D eigenvalue weighted by atomic mass is 9.63. The first-order valence-electron chi connectivity index (χ1n) is 18.6. The van der Waals surface area contributed by atoms with Crippen LogP contribution in [0.15, 0.2) is 176 Å². The second-order valence-electron chi connectivity index (χ2n) is 14.1. The molecule has 58 heavy (non-hydrogen) atoms. The van der Waals surface area contributed by atoms with Gasteiger partial charge in [-0.1, -0.05) is 121 Å². The fourth-order valence-corrected chi connectivity index (χ4v) is 8.77. The topological polar surface area (TPSA) is 112 Å². The molecule has 0 spiro atoms. The predicted molar refractivity (Wildman–Crippen MR) is 217 cm³/mol. The highest BCUT2D eigenvalue weighted by molar-refractivity contribution is 6.37. The first kappa shape index (κ1) is 34.5. The van der Waals surface area contributed by atoms with Crippen LogP contribution in [0.25, 0.3) is 0 Å². The first-order valence-corrected chi connectivity index (χ1v) is 18.6. The van der Waals surface area contributed by atoms with Crippen molar-refractivity contribution in [2.75, 3.05) is 14.7 Å². The van der Waals surface area contributed by atoms with E-state index in [1.807, 2.05) is 30.3 Å². The van der Waals surface area contributed by atoms with Crippen molar-refractivity contribution < 1.29 is 28.8 Å². The molecule has 0 fully saturated rings. The van der Waals surface area contributed by atoms with E-state index in [1.54, 1.807) is 146 Å². The summed E-state index contributed by atoms with van der Waals surface area (Å²) >= 11 is 0. The molecule has 3 aliphatic heterocycles. The summed E-state index contributed by atoms with van der Waals surface area (Å²) in [4.78, 5) is 89.7. The monoisotopic (exact) mass is 755 g/mol. The molecule has 0 radical (unpaired) electrons. The second kappa shape index (κ2) is 13.0. The summed E-state index contributed by atoms with van der Waals surface area (Å²) < 4.78 is 0. The highest BCUT2D eigenvalue weighted by atomic mass is 16.2. The van der Waals surface area contributed by atoms with Crippen LogP contribution in [-0.4, -0.2) is 35.4 Å². The van der Waals surface area contributed by atoms with Gasteiger partial charge in [0.2, 0.25) is 0 Å². The SMILES string of the molecule is O=C1c2ccccc2C(=O)N1c1ccccc1C(c1ccccc1)(c1ccccc1N1C(=O)c2ccccc2C1=O)c1ccccc1N1C(=O)c2ccccc2C1=O. The van der Waals surface area contributed by atoms with Gasteiger partial charge in [0, 0.05) is 0 Å². The number of amides is 6. The van der Waals surface area contributed by atoms with Crippen LogP contribution in [0.3, 0.4) is 0 Å². The highest BCUT2D eigenvalue weighted by Gasteiger charge is 2.50. The van der Waals surface area contributed by atoms with Gasteiger partial charge in [-0.05, 0) is 76.9 Å². The smallest absolute Gasteiger partial charge is 0.266 e. The number of fused-ring (bicyclic) bond motifs is 3. The van der Waals surface area contributed by atoms with Gasteiger partial charge in [0.25, 0.3) is 35.4 Å². The van der Waals surface area contributed by atoms with Crippen LogP contribution in [0.4, 0.5) is 17.1 Å². The predicted octanol–water partition coefficient (Wildman–Crippen LogP) is 8.47. The summed E-state index contributed by atoms with van der Waals surface area (Å²) in [6.45, 7) is 0. The molecule has 0 aliphatic carbocycles. The van der Waals surface area contributed by atoms with Gasteiger partial charge < -0.3 is 0 Å². The Labute approximate surface area is 332 Å². The van der Waals surface area contributed by atoms with Gasteiger partial charge in [-0.3, -0.25) is 28.8 Å². The normalized spacial score (nSPS) is 14.7. The van der Waals surface area contributed by atoms with E-state index in [2.05, 4.69) is 0 Å². The third kappa shape index (κ3) is 4.70. The van der Waals surface area contributed by atoms with Crippen LogP contribution in [0, 0.1) is 0 Å². The molecule has 3 heterocycles. The molecule has 0 atom stereocenters. The number of para-hydroxylation sites is 3. The third-order valence-electron chi connectivity index (χ3n) is 11.2. The van der Waals surface area contributed by atoms with Gasteiger partial charge in [-0.15, -0.1) is 0 Å². The molecule has 10 rings (SSSR count). The maximum Gasteiger partial charge on any atom is 0.266 e. The molecule has 276 valence electrons. The lowest BCUT2D eigenvalue weighted by Gasteiger charge is -2.42. The van der Waals surface area contributed by atoms with Gasteiger partial charge in [-0.2, -0.15) is 0 Å². The minimum absolute atomic E-state index is 0.229. The third-order valence-corrected chi connectivity index (χ3v) is 11.2. The number of carbonyl (C=O) groups excluding carboxylic acids is 6. The zero-order chi connectivity index (χ0) is 39.7. The van der Waals surface area contributed by atoms with Gasteiger partial charge >= 0.3 is 0 Å². The standard InChI is InChI=1S/C49H29N3O6/c53-43-31-18-4-5-19-32(31)44(54)50(43)40-27-13-10-24-37(40)49(30-16-2-1-3-17-30,38-25-11-14-28-41(38)51-45(55)33-20-6-7-21-34(33)46(51)56)39-26-12-15-29-42(39)52-47(57)35-22-8-9-23-36(35)48(52)58/h1-29H. The van der Waals surface area contributed by atoms with Crippen molar-refractivity contribution >= 4 is 52.5 Å². The molecule has 6 amide bonds. The van der Waals surface area contributed by atoms with Crippen molar-refractivity contribution in [3.63, 3.8) is 0 Å². The second-order valence-corrected chi connectivity index (χ2v) is 14.1. The van der Waals surface area contributed by atoms with E-state index in [0.717, 1.165) is 14.7 Å². The molecule has 0 unspecified atom stereocenters. The van der Waals surface area contributed by atoms with Gasteiger partial charge in [0.05, 0.1) is 55.9 Å². The fraction of sp³-hybridized carbons (Fsp3) is 0.0204. The molecule has 7 aromatic carbocycles. The van der Waals surface area contributed by atoms with Crippen molar-refractivity contribution in [1.29, 1.82) is 0 Å². The Kier molecular flexibility index (Phi) is 7.74. The number of imide groups is 3. The zero-order valence-corrected chi connectivity index (χ0v) is 30.5. The molecule has 0 saturated carbocycles. The quantitative estimate of drug-likeness (QED) is 0.119. The first-order chi connectivity index (χ1) is 28.3. The number of nitrogens with zero attached hydrogens (tertiary/aromatic N) is 3. The van der Waals surface area contributed by atoms with E-state index < -0.39 is 40.9 Å². The van der Waals surface area contributed by atoms with E-state index in [0.29, 0.717) is 22.3 Å². The maximum absolute atomic E-state index is 14.4. The van der Waals surface area contributed by atoms with Crippen molar-refractivity contribution in [3.8, 4) is 0 Å². The van der Waals surface area contributed by atoms with Crippen LogP contribution < -0.4 is 14.7 Å². The molecule has 3 aliphatic rings. The van der Waals surface area contributed by atoms with Crippen LogP contribution in [0.1, 0.15) is 84.4 Å². The van der Waals surface area contributed by atoms with Crippen molar-refractivity contribution in [3.05, 3.63) is 232 Å². The van der Waals surface area contributed by atoms with Gasteiger partial charge in [0.15, 0.2) is 0 Å². The van der Waals surface area contributed by atoms with E-state index in [9.17, 15) is 28.8 Å². The average molecular weight is 756 g/mol. The van der Waals surface area contributed by atoms with Crippen molar-refractivity contribution in [1.82, 2.24) is 0 Å². The number of hydrogen-bond acceptors (Lipinski definition) is 6. The zero-order valence-electron chi connectivity index (χ0n) is 30.5. The maximum atomic E-state index is 14.4. The van der Waals surface area contributed by atoms with Crippen LogP contribution in [0.5, 0.6) is 0 Å². The summed E-state index contributed by atoms with van der Waals surface area (Å²) in [5.41, 5.74) is 2.29. The molecular formula is C49H29N3O6. The van der Waals surface area contributed by atoms with Crippen LogP contribution >= 0.6 is 0 Å². The Balaban J connectivity index is 1.33. The summed E-state index contributed by atoms with van der Waals surface area (Å²) in [5, 5.41) is 0. The van der Waals surface area contributed by atoms with E-state index in [4.69, 9.17) is 0 Å². The van der Waals surface area contributed by atoms with Crippen molar-refractivity contribution in [2.24, 2.45) is 0 Å². The largest absolute Gasteiger partial charge is 0.268 e. The fourth-order valence-electron chi connectivity index (χ4n) is 8.77. The summed E-state index contributed by atoms with van der Waals surface area (Å²) in [6, 6.07) is 50.1. The molecule has 7 aromatic rings. The Hall–Kier alpha value is -8.04. The number of anilines is 3. The summed E-state index contributed by atoms with van der Waals surface area (Å²) in [5.74, 6) is -3.18. The molecule has 9 nitrogen and oxygen atoms in total. The minimum atomic E-state index is -1.65. The van der Waals surface area contributed by atoms with Crippen LogP contribution in [0.2, 0.25) is 0 Å². The number of hydrogen-bond donors (Lipinski definition) is 0.